The molecule has 1 aromatic heterocycles. The number of carbonyl (C=O) groups is 1. The first kappa shape index (κ1) is 17.3. The van der Waals surface area contributed by atoms with Crippen molar-refractivity contribution in [2.24, 2.45) is 0 Å². The number of nitrogens with zero attached hydrogens (tertiary/aromatic N) is 1. The topological polar surface area (TPSA) is 68.0 Å². The van der Waals surface area contributed by atoms with Gasteiger partial charge in [0, 0.05) is 21.8 Å². The monoisotopic (exact) mass is 379 g/mol. The third-order valence-corrected chi connectivity index (χ3v) is 4.62. The summed E-state index contributed by atoms with van der Waals surface area (Å²) >= 11 is 6.91. The quantitative estimate of drug-likeness (QED) is 0.591. The molecule has 25 heavy (non-hydrogen) atoms. The van der Waals surface area contributed by atoms with Crippen LogP contribution in [0.15, 0.2) is 48.5 Å². The fourth-order valence-electron chi connectivity index (χ4n) is 2.12. The Labute approximate surface area is 151 Å². The Morgan fingerprint density at radius 3 is 2.36 bits per heavy atom. The Morgan fingerprint density at radius 1 is 1.12 bits per heavy atom. The predicted octanol–water partition coefficient (Wildman–Crippen LogP) is 5.29. The van der Waals surface area contributed by atoms with Gasteiger partial charge < -0.3 is 11.1 Å². The first-order valence-electron chi connectivity index (χ1n) is 7.16. The maximum atomic E-state index is 12.6. The van der Waals surface area contributed by atoms with Gasteiger partial charge in [-0.25, -0.2) is 13.8 Å². The van der Waals surface area contributed by atoms with Gasteiger partial charge in [-0.1, -0.05) is 35.1 Å². The zero-order valence-electron chi connectivity index (χ0n) is 12.7. The number of carbonyl (C=O) groups excluding carboxylic acids is 1. The highest BCUT2D eigenvalue weighted by Gasteiger charge is 2.18. The molecule has 0 radical (unpaired) electrons. The number of alkyl halides is 2. The third-order valence-electron chi connectivity index (χ3n) is 3.38. The molecular formula is C17H12ClF2N3OS. The minimum Gasteiger partial charge on any atom is -0.382 e. The summed E-state index contributed by atoms with van der Waals surface area (Å²) in [6, 6.07) is 12.1. The van der Waals surface area contributed by atoms with E-state index < -0.39 is 6.43 Å². The molecule has 0 aliphatic heterocycles. The molecule has 0 amide bonds. The van der Waals surface area contributed by atoms with Crippen molar-refractivity contribution in [3.05, 3.63) is 69.6 Å². The average Bonchev–Trinajstić information content (AvgIpc) is 2.95. The molecule has 0 saturated heterocycles. The maximum absolute atomic E-state index is 12.6. The minimum absolute atomic E-state index is 0.0668. The molecule has 3 N–H and O–H groups in total. The van der Waals surface area contributed by atoms with Crippen molar-refractivity contribution >= 4 is 45.4 Å². The van der Waals surface area contributed by atoms with Crippen molar-refractivity contribution in [1.29, 1.82) is 0 Å². The molecule has 0 unspecified atom stereocenters. The van der Waals surface area contributed by atoms with E-state index >= 15 is 0 Å². The SMILES string of the molecule is Nc1nc(Nc2ccc(C(F)F)cc2)sc1C(=O)c1ccc(Cl)cc1. The number of anilines is 3. The molecule has 0 bridgehead atoms. The van der Waals surface area contributed by atoms with Gasteiger partial charge in [-0.2, -0.15) is 0 Å². The van der Waals surface area contributed by atoms with E-state index in [0.29, 0.717) is 26.3 Å². The summed E-state index contributed by atoms with van der Waals surface area (Å²) in [6.07, 6.45) is -2.52. The number of nitrogen functional groups attached to an aromatic ring is 1. The lowest BCUT2D eigenvalue weighted by molar-refractivity contribution is 0.104. The normalized spacial score (nSPS) is 10.9. The van der Waals surface area contributed by atoms with E-state index in [-0.39, 0.29) is 17.2 Å². The number of hydrogen-bond acceptors (Lipinski definition) is 5. The fourth-order valence-corrected chi connectivity index (χ4v) is 3.11. The van der Waals surface area contributed by atoms with Gasteiger partial charge >= 0.3 is 0 Å². The predicted molar refractivity (Wildman–Crippen MR) is 96.1 cm³/mol. The summed E-state index contributed by atoms with van der Waals surface area (Å²) in [7, 11) is 0. The van der Waals surface area contributed by atoms with Gasteiger partial charge in [-0.3, -0.25) is 4.79 Å². The van der Waals surface area contributed by atoms with Crippen LogP contribution in [0.3, 0.4) is 0 Å². The molecular weight excluding hydrogens is 368 g/mol. The van der Waals surface area contributed by atoms with Gasteiger partial charge in [0.05, 0.1) is 0 Å². The number of benzene rings is 2. The van der Waals surface area contributed by atoms with Crippen molar-refractivity contribution < 1.29 is 13.6 Å². The lowest BCUT2D eigenvalue weighted by Gasteiger charge is -2.04. The van der Waals surface area contributed by atoms with E-state index in [4.69, 9.17) is 17.3 Å². The standard InChI is InChI=1S/C17H12ClF2N3OS/c18-11-5-1-9(2-6-11)13(24)14-16(21)23-17(25-14)22-12-7-3-10(4-8-12)15(19)20/h1-8,15H,21H2,(H,22,23). The summed E-state index contributed by atoms with van der Waals surface area (Å²) in [6.45, 7) is 0. The molecule has 3 rings (SSSR count). The number of nitrogens with two attached hydrogens (primary N) is 1. The molecule has 2 aromatic carbocycles. The number of thiazole rings is 1. The number of hydrogen-bond donors (Lipinski definition) is 2. The number of rotatable bonds is 5. The molecule has 128 valence electrons. The summed E-state index contributed by atoms with van der Waals surface area (Å²) in [5.41, 5.74) is 6.80. The van der Waals surface area contributed by atoms with Crippen molar-refractivity contribution in [2.75, 3.05) is 11.1 Å². The third kappa shape index (κ3) is 3.94. The molecule has 0 atom stereocenters. The largest absolute Gasteiger partial charge is 0.382 e. The Bertz CT molecular complexity index is 895. The summed E-state index contributed by atoms with van der Waals surface area (Å²) < 4.78 is 25.1. The van der Waals surface area contributed by atoms with Crippen LogP contribution in [-0.4, -0.2) is 10.8 Å². The number of nitrogens with one attached hydrogen (secondary N) is 1. The van der Waals surface area contributed by atoms with Crippen LogP contribution in [0.2, 0.25) is 5.02 Å². The first-order valence-corrected chi connectivity index (χ1v) is 8.35. The number of aromatic nitrogens is 1. The highest BCUT2D eigenvalue weighted by molar-refractivity contribution is 7.18. The zero-order valence-corrected chi connectivity index (χ0v) is 14.2. The maximum Gasteiger partial charge on any atom is 0.263 e. The molecule has 0 spiro atoms. The van der Waals surface area contributed by atoms with Crippen LogP contribution in [0.25, 0.3) is 0 Å². The van der Waals surface area contributed by atoms with Crippen LogP contribution in [0, 0.1) is 0 Å². The van der Waals surface area contributed by atoms with Crippen LogP contribution >= 0.6 is 22.9 Å². The second kappa shape index (κ2) is 7.16. The highest BCUT2D eigenvalue weighted by Crippen LogP contribution is 2.30. The summed E-state index contributed by atoms with van der Waals surface area (Å²) in [5, 5.41) is 3.89. The van der Waals surface area contributed by atoms with E-state index in [1.807, 2.05) is 0 Å². The minimum atomic E-state index is -2.52. The molecule has 4 nitrogen and oxygen atoms in total. The molecule has 0 saturated carbocycles. The molecule has 1 heterocycles. The Balaban J connectivity index is 1.80. The molecule has 0 fully saturated rings. The Kier molecular flexibility index (Phi) is 4.96. The highest BCUT2D eigenvalue weighted by atomic mass is 35.5. The van der Waals surface area contributed by atoms with Crippen LogP contribution in [0.4, 0.5) is 25.4 Å². The van der Waals surface area contributed by atoms with Gasteiger partial charge in [0.15, 0.2) is 5.13 Å². The summed E-state index contributed by atoms with van der Waals surface area (Å²) in [4.78, 5) is 16.9. The van der Waals surface area contributed by atoms with E-state index in [1.165, 1.54) is 24.3 Å². The van der Waals surface area contributed by atoms with Gasteiger partial charge in [-0.05, 0) is 36.4 Å². The number of ketones is 1. The summed E-state index contributed by atoms with van der Waals surface area (Å²) in [5.74, 6) is -0.149. The second-order valence-corrected chi connectivity index (χ2v) is 6.55. The molecule has 0 aliphatic rings. The van der Waals surface area contributed by atoms with E-state index in [0.717, 1.165) is 11.3 Å². The van der Waals surface area contributed by atoms with E-state index in [2.05, 4.69) is 10.3 Å². The van der Waals surface area contributed by atoms with Crippen molar-refractivity contribution in [3.8, 4) is 0 Å². The van der Waals surface area contributed by atoms with Crippen molar-refractivity contribution in [2.45, 2.75) is 6.43 Å². The molecule has 3 aromatic rings. The van der Waals surface area contributed by atoms with Gasteiger partial charge in [0.1, 0.15) is 10.7 Å². The van der Waals surface area contributed by atoms with Gasteiger partial charge in [0.25, 0.3) is 6.43 Å². The Hall–Kier alpha value is -2.51. The average molecular weight is 380 g/mol. The number of halogens is 3. The van der Waals surface area contributed by atoms with Crippen LogP contribution in [0.1, 0.15) is 27.2 Å². The first-order chi connectivity index (χ1) is 11.9. The fraction of sp³-hybridized carbons (Fsp3) is 0.0588. The molecule has 8 heteroatoms. The zero-order chi connectivity index (χ0) is 18.0. The molecule has 0 aliphatic carbocycles. The lowest BCUT2D eigenvalue weighted by atomic mass is 10.1. The second-order valence-electron chi connectivity index (χ2n) is 5.12. The Morgan fingerprint density at radius 2 is 1.76 bits per heavy atom. The van der Waals surface area contributed by atoms with Crippen molar-refractivity contribution in [3.63, 3.8) is 0 Å². The van der Waals surface area contributed by atoms with Crippen LogP contribution in [-0.2, 0) is 0 Å². The van der Waals surface area contributed by atoms with Crippen LogP contribution in [0.5, 0.6) is 0 Å². The van der Waals surface area contributed by atoms with Gasteiger partial charge in [0.2, 0.25) is 5.78 Å². The van der Waals surface area contributed by atoms with Crippen molar-refractivity contribution in [1.82, 2.24) is 4.98 Å². The smallest absolute Gasteiger partial charge is 0.263 e. The van der Waals surface area contributed by atoms with E-state index in [1.54, 1.807) is 24.3 Å². The van der Waals surface area contributed by atoms with Gasteiger partial charge in [-0.15, -0.1) is 0 Å². The van der Waals surface area contributed by atoms with E-state index in [9.17, 15) is 13.6 Å². The van der Waals surface area contributed by atoms with Crippen LogP contribution < -0.4 is 11.1 Å². The lowest BCUT2D eigenvalue weighted by Crippen LogP contribution is -2.02.